The average Bonchev–Trinajstić information content (AvgIpc) is 2.81. The molecule has 4 nitrogen and oxygen atoms in total. The molecular weight excluding hydrogens is 240 g/mol. The van der Waals surface area contributed by atoms with E-state index in [4.69, 9.17) is 4.74 Å². The molecule has 0 spiro atoms. The van der Waals surface area contributed by atoms with Crippen LogP contribution >= 0.6 is 0 Å². The molecule has 0 aromatic rings. The molecule has 0 radical (unpaired) electrons. The first-order valence-electron chi connectivity index (χ1n) is 7.66. The van der Waals surface area contributed by atoms with Crippen LogP contribution in [0.5, 0.6) is 0 Å². The molecule has 0 bridgehead atoms. The van der Waals surface area contributed by atoms with Crippen molar-refractivity contribution in [2.45, 2.75) is 45.6 Å². The second kappa shape index (κ2) is 6.60. The minimum Gasteiger partial charge on any atom is -0.383 e. The molecule has 1 heterocycles. The Morgan fingerprint density at radius 1 is 1.26 bits per heavy atom. The van der Waals surface area contributed by atoms with Crippen LogP contribution in [0.25, 0.3) is 0 Å². The number of nitrogens with one attached hydrogen (secondary N) is 1. The van der Waals surface area contributed by atoms with Crippen molar-refractivity contribution in [3.8, 4) is 0 Å². The molecule has 0 aromatic carbocycles. The molecule has 3 unspecified atom stereocenters. The summed E-state index contributed by atoms with van der Waals surface area (Å²) in [5.74, 6) is 1.90. The van der Waals surface area contributed by atoms with Crippen LogP contribution in [0.3, 0.4) is 0 Å². The topological polar surface area (TPSA) is 41.6 Å². The van der Waals surface area contributed by atoms with Crippen LogP contribution in [0.1, 0.15) is 39.5 Å². The van der Waals surface area contributed by atoms with Crippen molar-refractivity contribution in [2.75, 3.05) is 26.8 Å². The predicted octanol–water partition coefficient (Wildman–Crippen LogP) is 2.49. The summed E-state index contributed by atoms with van der Waals surface area (Å²) in [7, 11) is 1.69. The minimum atomic E-state index is 0.102. The maximum Gasteiger partial charge on any atom is 0.317 e. The molecule has 1 aliphatic heterocycles. The lowest BCUT2D eigenvalue weighted by molar-refractivity contribution is 0.140. The quantitative estimate of drug-likeness (QED) is 0.851. The normalized spacial score (nSPS) is 28.3. The van der Waals surface area contributed by atoms with Crippen LogP contribution < -0.4 is 5.32 Å². The van der Waals surface area contributed by atoms with Crippen LogP contribution in [0.4, 0.5) is 4.79 Å². The summed E-state index contributed by atoms with van der Waals surface area (Å²) in [6.45, 7) is 6.73. The van der Waals surface area contributed by atoms with Gasteiger partial charge in [-0.3, -0.25) is 0 Å². The molecule has 0 aromatic heterocycles. The fourth-order valence-corrected chi connectivity index (χ4v) is 3.40. The predicted molar refractivity (Wildman–Crippen MR) is 76.1 cm³/mol. The standard InChI is InChI=1S/C15H28N2O2/c1-11(2)14(10-19-3)16-15(18)17-8-12-6-4-5-7-13(12)9-17/h11-14H,4-10H2,1-3H3,(H,16,18). The number of nitrogens with zero attached hydrogens (tertiary/aromatic N) is 1. The van der Waals surface area contributed by atoms with Gasteiger partial charge >= 0.3 is 6.03 Å². The first kappa shape index (κ1) is 14.6. The van der Waals surface area contributed by atoms with Crippen LogP contribution in [-0.2, 0) is 4.74 Å². The smallest absolute Gasteiger partial charge is 0.317 e. The Labute approximate surface area is 116 Å². The maximum atomic E-state index is 12.3. The van der Waals surface area contributed by atoms with Gasteiger partial charge in [0, 0.05) is 20.2 Å². The minimum absolute atomic E-state index is 0.102. The number of amides is 2. The third-order valence-electron chi connectivity index (χ3n) is 4.72. The first-order chi connectivity index (χ1) is 9.11. The second-order valence-electron chi connectivity index (χ2n) is 6.46. The molecule has 1 aliphatic carbocycles. The number of methoxy groups -OCH3 is 1. The lowest BCUT2D eigenvalue weighted by Crippen LogP contribution is -2.48. The largest absolute Gasteiger partial charge is 0.383 e. The van der Waals surface area contributed by atoms with Crippen molar-refractivity contribution < 1.29 is 9.53 Å². The Balaban J connectivity index is 1.86. The maximum absolute atomic E-state index is 12.3. The van der Waals surface area contributed by atoms with E-state index in [2.05, 4.69) is 19.2 Å². The summed E-state index contributed by atoms with van der Waals surface area (Å²) in [4.78, 5) is 14.4. The van der Waals surface area contributed by atoms with Gasteiger partial charge in [-0.05, 0) is 30.6 Å². The molecule has 2 aliphatic rings. The fraction of sp³-hybridized carbons (Fsp3) is 0.933. The van der Waals surface area contributed by atoms with E-state index in [0.29, 0.717) is 12.5 Å². The summed E-state index contributed by atoms with van der Waals surface area (Å²) in [6.07, 6.45) is 5.30. The molecule has 1 saturated carbocycles. The number of carbonyl (C=O) groups excluding carboxylic acids is 1. The van der Waals surface area contributed by atoms with Gasteiger partial charge in [0.05, 0.1) is 12.6 Å². The highest BCUT2D eigenvalue weighted by Gasteiger charge is 2.36. The van der Waals surface area contributed by atoms with Crippen molar-refractivity contribution in [3.63, 3.8) is 0 Å². The van der Waals surface area contributed by atoms with E-state index in [0.717, 1.165) is 24.9 Å². The third kappa shape index (κ3) is 3.62. The van der Waals surface area contributed by atoms with E-state index in [1.165, 1.54) is 25.7 Å². The van der Waals surface area contributed by atoms with E-state index in [1.807, 2.05) is 4.90 Å². The Kier molecular flexibility index (Phi) is 5.08. The van der Waals surface area contributed by atoms with Gasteiger partial charge in [-0.25, -0.2) is 4.79 Å². The molecule has 4 heteroatoms. The zero-order valence-electron chi connectivity index (χ0n) is 12.5. The van der Waals surface area contributed by atoms with E-state index >= 15 is 0 Å². The summed E-state index contributed by atoms with van der Waals surface area (Å²) in [5, 5.41) is 3.13. The first-order valence-corrected chi connectivity index (χ1v) is 7.66. The SMILES string of the molecule is COCC(NC(=O)N1CC2CCCCC2C1)C(C)C. The van der Waals surface area contributed by atoms with Gasteiger partial charge in [0.25, 0.3) is 0 Å². The fourth-order valence-electron chi connectivity index (χ4n) is 3.40. The molecule has 2 rings (SSSR count). The number of carbonyl (C=O) groups is 1. The monoisotopic (exact) mass is 268 g/mol. The van der Waals surface area contributed by atoms with Gasteiger partial charge in [0.1, 0.15) is 0 Å². The van der Waals surface area contributed by atoms with Crippen LogP contribution in [-0.4, -0.2) is 43.8 Å². The van der Waals surface area contributed by atoms with Crippen molar-refractivity contribution >= 4 is 6.03 Å². The van der Waals surface area contributed by atoms with Gasteiger partial charge in [0.15, 0.2) is 0 Å². The van der Waals surface area contributed by atoms with Gasteiger partial charge in [-0.1, -0.05) is 26.7 Å². The summed E-state index contributed by atoms with van der Waals surface area (Å²) < 4.78 is 5.19. The Bertz CT molecular complexity index is 293. The summed E-state index contributed by atoms with van der Waals surface area (Å²) >= 11 is 0. The highest BCUT2D eigenvalue weighted by molar-refractivity contribution is 5.75. The average molecular weight is 268 g/mol. The van der Waals surface area contributed by atoms with Gasteiger partial charge in [-0.2, -0.15) is 0 Å². The molecule has 110 valence electrons. The third-order valence-corrected chi connectivity index (χ3v) is 4.72. The van der Waals surface area contributed by atoms with Crippen molar-refractivity contribution in [3.05, 3.63) is 0 Å². The van der Waals surface area contributed by atoms with E-state index < -0.39 is 0 Å². The molecule has 19 heavy (non-hydrogen) atoms. The van der Waals surface area contributed by atoms with Crippen molar-refractivity contribution in [2.24, 2.45) is 17.8 Å². The zero-order valence-corrected chi connectivity index (χ0v) is 12.5. The molecule has 1 saturated heterocycles. The van der Waals surface area contributed by atoms with E-state index in [1.54, 1.807) is 7.11 Å². The highest BCUT2D eigenvalue weighted by atomic mass is 16.5. The second-order valence-corrected chi connectivity index (χ2v) is 6.46. The molecule has 2 fully saturated rings. The van der Waals surface area contributed by atoms with E-state index in [-0.39, 0.29) is 12.1 Å². The van der Waals surface area contributed by atoms with Crippen LogP contribution in [0.15, 0.2) is 0 Å². The van der Waals surface area contributed by atoms with Gasteiger partial charge < -0.3 is 15.0 Å². The molecule has 1 N–H and O–H groups in total. The van der Waals surface area contributed by atoms with E-state index in [9.17, 15) is 4.79 Å². The number of ether oxygens (including phenoxy) is 1. The van der Waals surface area contributed by atoms with Crippen LogP contribution in [0, 0.1) is 17.8 Å². The number of likely N-dealkylation sites (tertiary alicyclic amines) is 1. The Morgan fingerprint density at radius 2 is 1.84 bits per heavy atom. The lowest BCUT2D eigenvalue weighted by Gasteiger charge is -2.25. The Hall–Kier alpha value is -0.770. The number of urea groups is 1. The molecule has 2 amide bonds. The summed E-state index contributed by atoms with van der Waals surface area (Å²) in [5.41, 5.74) is 0. The number of fused-ring (bicyclic) bond motifs is 1. The number of rotatable bonds is 4. The Morgan fingerprint density at radius 3 is 2.32 bits per heavy atom. The highest BCUT2D eigenvalue weighted by Crippen LogP contribution is 2.35. The van der Waals surface area contributed by atoms with Crippen LogP contribution in [0.2, 0.25) is 0 Å². The lowest BCUT2D eigenvalue weighted by atomic mass is 9.82. The number of hydrogen-bond acceptors (Lipinski definition) is 2. The molecule has 3 atom stereocenters. The van der Waals surface area contributed by atoms with Crippen molar-refractivity contribution in [1.29, 1.82) is 0 Å². The number of hydrogen-bond donors (Lipinski definition) is 1. The zero-order chi connectivity index (χ0) is 13.8. The summed E-state index contributed by atoms with van der Waals surface area (Å²) in [6, 6.07) is 0.213. The van der Waals surface area contributed by atoms with Gasteiger partial charge in [-0.15, -0.1) is 0 Å². The van der Waals surface area contributed by atoms with Gasteiger partial charge in [0.2, 0.25) is 0 Å². The van der Waals surface area contributed by atoms with Crippen molar-refractivity contribution in [1.82, 2.24) is 10.2 Å². The molecular formula is C15H28N2O2.